The third-order valence-corrected chi connectivity index (χ3v) is 7.60. The normalized spacial score (nSPS) is 11.9. The molecule has 5 aromatic heterocycles. The van der Waals surface area contributed by atoms with Crippen molar-refractivity contribution in [2.24, 2.45) is 0 Å². The van der Waals surface area contributed by atoms with Crippen LogP contribution in [0.2, 0.25) is 0 Å². The molecule has 0 aliphatic carbocycles. The van der Waals surface area contributed by atoms with Crippen LogP contribution in [0.15, 0.2) is 77.7 Å². The lowest BCUT2D eigenvalue weighted by Crippen LogP contribution is -1.84. The van der Waals surface area contributed by atoms with Gasteiger partial charge in [0.2, 0.25) is 0 Å². The number of hydrogen-bond donors (Lipinski definition) is 0. The summed E-state index contributed by atoms with van der Waals surface area (Å²) < 4.78 is 7.39. The lowest BCUT2D eigenvalue weighted by Gasteiger charge is -2.01. The largest absolute Gasteiger partial charge is 0.444 e. The maximum Gasteiger partial charge on any atom is 0.190 e. The lowest BCUT2D eigenvalue weighted by atomic mass is 10.1. The van der Waals surface area contributed by atoms with Crippen LogP contribution in [0.5, 0.6) is 0 Å². The predicted molar refractivity (Wildman–Crippen MR) is 127 cm³/mol. The molecule has 0 aliphatic heterocycles. The smallest absolute Gasteiger partial charge is 0.190 e. The first-order valence-electron chi connectivity index (χ1n) is 9.71. The third kappa shape index (κ3) is 2.54. The minimum absolute atomic E-state index is 0.894. The van der Waals surface area contributed by atoms with E-state index in [2.05, 4.69) is 44.2 Å². The van der Waals surface area contributed by atoms with Crippen molar-refractivity contribution >= 4 is 65.3 Å². The van der Waals surface area contributed by atoms with Gasteiger partial charge in [-0.2, -0.15) is 0 Å². The summed E-state index contributed by atoms with van der Waals surface area (Å²) in [7, 11) is 0. The molecule has 5 nitrogen and oxygen atoms in total. The fraction of sp³-hybridized carbons (Fsp3) is 0. The average molecular weight is 437 g/mol. The number of benzene rings is 2. The topological polar surface area (TPSA) is 64.7 Å². The zero-order valence-corrected chi connectivity index (χ0v) is 17.6. The molecule has 0 amide bonds. The quantitative estimate of drug-likeness (QED) is 0.294. The van der Waals surface area contributed by atoms with E-state index in [4.69, 9.17) is 4.42 Å². The Hall–Kier alpha value is -3.68. The lowest BCUT2D eigenvalue weighted by molar-refractivity contribution is 0.679. The van der Waals surface area contributed by atoms with Crippen LogP contribution >= 0.6 is 22.7 Å². The molecule has 2 aromatic carbocycles. The minimum Gasteiger partial charge on any atom is -0.444 e. The zero-order chi connectivity index (χ0) is 20.4. The molecule has 7 rings (SSSR count). The van der Waals surface area contributed by atoms with Crippen molar-refractivity contribution in [3.8, 4) is 20.9 Å². The number of thiophene rings is 2. The molecule has 0 saturated carbocycles. The minimum atomic E-state index is 0.894. The van der Waals surface area contributed by atoms with E-state index in [1.54, 1.807) is 47.5 Å². The summed E-state index contributed by atoms with van der Waals surface area (Å²) in [5, 5.41) is 1.14. The Morgan fingerprint density at radius 3 is 1.94 bits per heavy atom. The number of aromatic nitrogens is 4. The molecule has 0 unspecified atom stereocenters. The Morgan fingerprint density at radius 2 is 1.26 bits per heavy atom. The standard InChI is InChI=1S/C24H12N4OS2/c1-3-13(21-16(5-1)25-7-9-27-21)19-11-15-23-18(29-24(15)31-19)12-20(30-23)14-4-2-6-17-22(14)28-10-8-26-17/h1-12H. The van der Waals surface area contributed by atoms with Crippen molar-refractivity contribution in [3.63, 3.8) is 0 Å². The molecule has 5 heterocycles. The fourth-order valence-electron chi connectivity index (χ4n) is 3.99. The van der Waals surface area contributed by atoms with Crippen LogP contribution in [0.1, 0.15) is 0 Å². The van der Waals surface area contributed by atoms with Gasteiger partial charge in [-0.1, -0.05) is 35.6 Å². The number of hydrogen-bond acceptors (Lipinski definition) is 7. The molecule has 0 bridgehead atoms. The highest BCUT2D eigenvalue weighted by Gasteiger charge is 2.18. The van der Waals surface area contributed by atoms with Crippen molar-refractivity contribution in [2.45, 2.75) is 0 Å². The van der Waals surface area contributed by atoms with Gasteiger partial charge in [0.15, 0.2) is 4.90 Å². The maximum absolute atomic E-state index is 6.24. The van der Waals surface area contributed by atoms with E-state index in [0.29, 0.717) is 0 Å². The van der Waals surface area contributed by atoms with Gasteiger partial charge in [-0.05, 0) is 18.2 Å². The van der Waals surface area contributed by atoms with Crippen LogP contribution < -0.4 is 0 Å². The molecule has 31 heavy (non-hydrogen) atoms. The SMILES string of the molecule is c1cc(-c2cc3c(oc4cc(-c5cccc6nccnc56)sc43)s2)c2nccnc2c1. The Bertz CT molecular complexity index is 1620. The number of fused-ring (bicyclic) bond motifs is 5. The summed E-state index contributed by atoms with van der Waals surface area (Å²) >= 11 is 3.38. The summed E-state index contributed by atoms with van der Waals surface area (Å²) in [5.74, 6) is 0. The predicted octanol–water partition coefficient (Wildman–Crippen LogP) is 6.93. The third-order valence-electron chi connectivity index (χ3n) is 5.37. The first-order chi connectivity index (χ1) is 15.3. The van der Waals surface area contributed by atoms with Gasteiger partial charge in [0.1, 0.15) is 5.58 Å². The fourth-order valence-corrected chi connectivity index (χ4v) is 6.24. The van der Waals surface area contributed by atoms with E-state index in [-0.39, 0.29) is 0 Å². The van der Waals surface area contributed by atoms with Crippen molar-refractivity contribution in [3.05, 3.63) is 73.3 Å². The van der Waals surface area contributed by atoms with Crippen LogP contribution in [-0.2, 0) is 0 Å². The summed E-state index contributed by atoms with van der Waals surface area (Å²) in [6.45, 7) is 0. The van der Waals surface area contributed by atoms with E-state index in [1.165, 1.54) is 0 Å². The van der Waals surface area contributed by atoms with E-state index >= 15 is 0 Å². The van der Waals surface area contributed by atoms with E-state index in [9.17, 15) is 0 Å². The van der Waals surface area contributed by atoms with Gasteiger partial charge in [-0.25, -0.2) is 0 Å². The Morgan fingerprint density at radius 1 is 0.645 bits per heavy atom. The van der Waals surface area contributed by atoms with Crippen LogP contribution in [0.4, 0.5) is 0 Å². The first kappa shape index (κ1) is 17.0. The zero-order valence-electron chi connectivity index (χ0n) is 15.9. The molecular weight excluding hydrogens is 424 g/mol. The van der Waals surface area contributed by atoms with Crippen LogP contribution in [-0.4, -0.2) is 19.9 Å². The van der Waals surface area contributed by atoms with Crippen molar-refractivity contribution in [1.29, 1.82) is 0 Å². The summed E-state index contributed by atoms with van der Waals surface area (Å²) in [5.41, 5.74) is 6.67. The van der Waals surface area contributed by atoms with E-state index in [0.717, 1.165) is 63.5 Å². The molecule has 0 fully saturated rings. The van der Waals surface area contributed by atoms with Crippen LogP contribution in [0.3, 0.4) is 0 Å². The molecular formula is C24H12N4OS2. The van der Waals surface area contributed by atoms with E-state index < -0.39 is 0 Å². The van der Waals surface area contributed by atoms with Crippen molar-refractivity contribution < 1.29 is 4.42 Å². The maximum atomic E-state index is 6.24. The van der Waals surface area contributed by atoms with Gasteiger partial charge >= 0.3 is 0 Å². The molecule has 0 aliphatic rings. The Kier molecular flexibility index (Phi) is 3.52. The van der Waals surface area contributed by atoms with Gasteiger partial charge in [0.05, 0.1) is 32.2 Å². The summed E-state index contributed by atoms with van der Waals surface area (Å²) in [4.78, 5) is 21.2. The highest BCUT2D eigenvalue weighted by atomic mass is 32.1. The second kappa shape index (κ2) is 6.41. The summed E-state index contributed by atoms with van der Waals surface area (Å²) in [6, 6.07) is 16.5. The molecule has 0 spiro atoms. The first-order valence-corrected chi connectivity index (χ1v) is 11.3. The molecule has 0 saturated heterocycles. The van der Waals surface area contributed by atoms with Gasteiger partial charge in [-0.3, -0.25) is 19.9 Å². The molecule has 7 heteroatoms. The van der Waals surface area contributed by atoms with Crippen LogP contribution in [0.25, 0.3) is 63.5 Å². The number of furan rings is 1. The Balaban J connectivity index is 1.42. The summed E-state index contributed by atoms with van der Waals surface area (Å²) in [6.07, 6.45) is 6.92. The van der Waals surface area contributed by atoms with Gasteiger partial charge in [0, 0.05) is 51.7 Å². The van der Waals surface area contributed by atoms with Gasteiger partial charge in [0.25, 0.3) is 0 Å². The van der Waals surface area contributed by atoms with Crippen molar-refractivity contribution in [2.75, 3.05) is 0 Å². The Labute approximate surface area is 183 Å². The van der Waals surface area contributed by atoms with Gasteiger partial charge in [-0.15, -0.1) is 11.3 Å². The average Bonchev–Trinajstić information content (AvgIpc) is 3.49. The highest BCUT2D eigenvalue weighted by Crippen LogP contribution is 2.46. The van der Waals surface area contributed by atoms with Crippen molar-refractivity contribution in [1.82, 2.24) is 19.9 Å². The number of para-hydroxylation sites is 2. The molecule has 146 valence electrons. The molecule has 7 aromatic rings. The molecule has 0 atom stereocenters. The number of nitrogens with zero attached hydrogens (tertiary/aromatic N) is 4. The molecule has 0 radical (unpaired) electrons. The van der Waals surface area contributed by atoms with Crippen LogP contribution in [0, 0.1) is 0 Å². The number of rotatable bonds is 2. The highest BCUT2D eigenvalue weighted by molar-refractivity contribution is 7.26. The molecule has 0 N–H and O–H groups in total. The second-order valence-electron chi connectivity index (χ2n) is 7.18. The second-order valence-corrected chi connectivity index (χ2v) is 9.24. The van der Waals surface area contributed by atoms with Gasteiger partial charge < -0.3 is 4.42 Å². The van der Waals surface area contributed by atoms with E-state index in [1.807, 2.05) is 24.3 Å². The monoisotopic (exact) mass is 436 g/mol.